The number of nitrogens with zero attached hydrogens (tertiary/aromatic N) is 4. The fraction of sp³-hybridized carbons (Fsp3) is 0.312. The average molecular weight is 300 g/mol. The quantitative estimate of drug-likeness (QED) is 0.857. The van der Waals surface area contributed by atoms with E-state index in [-0.39, 0.29) is 17.4 Å². The number of amides is 2. The second kappa shape index (κ2) is 5.05. The van der Waals surface area contributed by atoms with E-state index >= 15 is 0 Å². The molecule has 0 atom stereocenters. The molecule has 1 fully saturated rings. The highest BCUT2D eigenvalue weighted by atomic mass is 19.1. The van der Waals surface area contributed by atoms with Gasteiger partial charge in [0.25, 0.3) is 0 Å². The van der Waals surface area contributed by atoms with Gasteiger partial charge in [-0.15, -0.1) is 0 Å². The Hall–Kier alpha value is -2.50. The molecule has 0 bridgehead atoms. The lowest BCUT2D eigenvalue weighted by atomic mass is 10.1. The largest absolute Gasteiger partial charge is 0.327 e. The number of carbonyl (C=O) groups is 1. The molecule has 114 valence electrons. The monoisotopic (exact) mass is 300 g/mol. The third-order valence-electron chi connectivity index (χ3n) is 4.01. The zero-order valence-corrected chi connectivity index (χ0v) is 12.7. The number of halogens is 1. The van der Waals surface area contributed by atoms with Crippen LogP contribution in [0.5, 0.6) is 0 Å². The minimum atomic E-state index is -0.306. The maximum absolute atomic E-state index is 13.3. The number of aromatic nitrogens is 2. The van der Waals surface area contributed by atoms with Crippen LogP contribution in [0.2, 0.25) is 0 Å². The van der Waals surface area contributed by atoms with Gasteiger partial charge < -0.3 is 4.90 Å². The van der Waals surface area contributed by atoms with E-state index in [1.165, 1.54) is 12.1 Å². The Morgan fingerprint density at radius 1 is 1.18 bits per heavy atom. The van der Waals surface area contributed by atoms with Crippen molar-refractivity contribution in [1.29, 1.82) is 0 Å². The predicted octanol–water partition coefficient (Wildman–Crippen LogP) is 2.93. The third-order valence-corrected chi connectivity index (χ3v) is 4.01. The van der Waals surface area contributed by atoms with E-state index in [2.05, 4.69) is 9.97 Å². The molecule has 1 aromatic carbocycles. The minimum Gasteiger partial charge on any atom is -0.320 e. The van der Waals surface area contributed by atoms with Gasteiger partial charge in [0.05, 0.1) is 12.1 Å². The zero-order chi connectivity index (χ0) is 15.9. The second-order valence-corrected chi connectivity index (χ2v) is 6.02. The summed E-state index contributed by atoms with van der Waals surface area (Å²) in [6.45, 7) is 4.51. The SMILES string of the molecule is CN1C(=O)N(c2ncc(-c3cccc(F)c3)cn2)CC1(C)C. The lowest BCUT2D eigenvalue weighted by Gasteiger charge is -2.24. The van der Waals surface area contributed by atoms with Crippen LogP contribution in [0.15, 0.2) is 36.7 Å². The summed E-state index contributed by atoms with van der Waals surface area (Å²) < 4.78 is 13.3. The Labute approximate surface area is 128 Å². The first-order valence-electron chi connectivity index (χ1n) is 7.02. The number of carbonyl (C=O) groups excluding carboxylic acids is 1. The van der Waals surface area contributed by atoms with Gasteiger partial charge in [-0.05, 0) is 31.5 Å². The lowest BCUT2D eigenvalue weighted by Crippen LogP contribution is -2.38. The number of hydrogen-bond acceptors (Lipinski definition) is 3. The molecule has 3 rings (SSSR count). The summed E-state index contributed by atoms with van der Waals surface area (Å²) in [6, 6.07) is 6.12. The number of anilines is 1. The van der Waals surface area contributed by atoms with Gasteiger partial charge in [-0.1, -0.05) is 12.1 Å². The van der Waals surface area contributed by atoms with Crippen LogP contribution in [-0.2, 0) is 0 Å². The highest BCUT2D eigenvalue weighted by Crippen LogP contribution is 2.27. The van der Waals surface area contributed by atoms with Crippen molar-refractivity contribution in [3.63, 3.8) is 0 Å². The van der Waals surface area contributed by atoms with Gasteiger partial charge >= 0.3 is 6.03 Å². The highest BCUT2D eigenvalue weighted by molar-refractivity contribution is 5.93. The van der Waals surface area contributed by atoms with E-state index in [0.29, 0.717) is 23.6 Å². The Morgan fingerprint density at radius 3 is 2.41 bits per heavy atom. The second-order valence-electron chi connectivity index (χ2n) is 6.02. The predicted molar refractivity (Wildman–Crippen MR) is 82.0 cm³/mol. The molecule has 0 N–H and O–H groups in total. The van der Waals surface area contributed by atoms with Gasteiger partial charge in [0.2, 0.25) is 5.95 Å². The normalized spacial score (nSPS) is 17.2. The first-order chi connectivity index (χ1) is 10.4. The van der Waals surface area contributed by atoms with Crippen molar-refractivity contribution >= 4 is 12.0 Å². The zero-order valence-electron chi connectivity index (χ0n) is 12.7. The fourth-order valence-electron chi connectivity index (χ4n) is 2.43. The van der Waals surface area contributed by atoms with Crippen molar-refractivity contribution < 1.29 is 9.18 Å². The summed E-state index contributed by atoms with van der Waals surface area (Å²) in [7, 11) is 1.77. The lowest BCUT2D eigenvalue weighted by molar-refractivity contribution is 0.198. The topological polar surface area (TPSA) is 49.3 Å². The van der Waals surface area contributed by atoms with E-state index in [0.717, 1.165) is 0 Å². The van der Waals surface area contributed by atoms with Crippen molar-refractivity contribution in [2.75, 3.05) is 18.5 Å². The number of benzene rings is 1. The summed E-state index contributed by atoms with van der Waals surface area (Å²) in [4.78, 5) is 24.0. The van der Waals surface area contributed by atoms with Gasteiger partial charge in [-0.2, -0.15) is 0 Å². The first kappa shape index (κ1) is 14.4. The van der Waals surface area contributed by atoms with E-state index in [4.69, 9.17) is 0 Å². The molecule has 1 aliphatic heterocycles. The van der Waals surface area contributed by atoms with Crippen molar-refractivity contribution in [3.8, 4) is 11.1 Å². The standard InChI is InChI=1S/C16H17FN4O/c1-16(2)10-21(15(22)20(16)3)14-18-8-12(9-19-14)11-5-4-6-13(17)7-11/h4-9H,10H2,1-3H3. The molecule has 1 aliphatic rings. The minimum absolute atomic E-state index is 0.122. The Balaban J connectivity index is 1.88. The van der Waals surface area contributed by atoms with Crippen molar-refractivity contribution in [2.45, 2.75) is 19.4 Å². The molecule has 2 aromatic rings. The third kappa shape index (κ3) is 2.41. The molecule has 2 amide bonds. The summed E-state index contributed by atoms with van der Waals surface area (Å²) in [6.07, 6.45) is 3.21. The van der Waals surface area contributed by atoms with Crippen LogP contribution in [0.1, 0.15) is 13.8 Å². The molecule has 2 heterocycles. The van der Waals surface area contributed by atoms with E-state index in [1.54, 1.807) is 41.4 Å². The van der Waals surface area contributed by atoms with Gasteiger partial charge in [-0.3, -0.25) is 4.90 Å². The molecule has 6 heteroatoms. The van der Waals surface area contributed by atoms with E-state index < -0.39 is 0 Å². The summed E-state index contributed by atoms with van der Waals surface area (Å²) in [5.41, 5.74) is 1.15. The van der Waals surface area contributed by atoms with Gasteiger partial charge in [0.1, 0.15) is 5.82 Å². The molecule has 0 saturated carbocycles. The van der Waals surface area contributed by atoms with Crippen molar-refractivity contribution in [2.24, 2.45) is 0 Å². The Bertz CT molecular complexity index is 714. The number of urea groups is 1. The van der Waals surface area contributed by atoms with Crippen LogP contribution in [0.3, 0.4) is 0 Å². The van der Waals surface area contributed by atoms with E-state index in [1.807, 2.05) is 13.8 Å². The Morgan fingerprint density at radius 2 is 1.86 bits per heavy atom. The van der Waals surface area contributed by atoms with Crippen LogP contribution in [0.4, 0.5) is 15.1 Å². The fourth-order valence-corrected chi connectivity index (χ4v) is 2.43. The molecule has 1 saturated heterocycles. The maximum atomic E-state index is 13.3. The summed E-state index contributed by atoms with van der Waals surface area (Å²) in [5.74, 6) is 0.0576. The molecule has 0 aliphatic carbocycles. The average Bonchev–Trinajstić information content (AvgIpc) is 2.71. The molecule has 0 radical (unpaired) electrons. The van der Waals surface area contributed by atoms with Gasteiger partial charge in [-0.25, -0.2) is 19.2 Å². The number of hydrogen-bond donors (Lipinski definition) is 0. The number of likely N-dealkylation sites (N-methyl/N-ethyl adjacent to an activating group) is 1. The molecular formula is C16H17FN4O. The van der Waals surface area contributed by atoms with Crippen molar-refractivity contribution in [3.05, 3.63) is 42.5 Å². The summed E-state index contributed by atoms with van der Waals surface area (Å²) >= 11 is 0. The maximum Gasteiger partial charge on any atom is 0.327 e. The Kier molecular flexibility index (Phi) is 3.31. The molecule has 0 unspecified atom stereocenters. The first-order valence-corrected chi connectivity index (χ1v) is 7.02. The van der Waals surface area contributed by atoms with Crippen LogP contribution in [0, 0.1) is 5.82 Å². The molecule has 5 nitrogen and oxygen atoms in total. The number of rotatable bonds is 2. The molecule has 1 aromatic heterocycles. The van der Waals surface area contributed by atoms with Crippen LogP contribution < -0.4 is 4.90 Å². The van der Waals surface area contributed by atoms with Gasteiger partial charge in [0.15, 0.2) is 0 Å². The smallest absolute Gasteiger partial charge is 0.320 e. The molecule has 22 heavy (non-hydrogen) atoms. The van der Waals surface area contributed by atoms with E-state index in [9.17, 15) is 9.18 Å². The van der Waals surface area contributed by atoms with Crippen molar-refractivity contribution in [1.82, 2.24) is 14.9 Å². The highest BCUT2D eigenvalue weighted by Gasteiger charge is 2.42. The molecular weight excluding hydrogens is 283 g/mol. The summed E-state index contributed by atoms with van der Waals surface area (Å²) in [5, 5.41) is 0. The van der Waals surface area contributed by atoms with Crippen LogP contribution in [0.25, 0.3) is 11.1 Å². The van der Waals surface area contributed by atoms with Crippen LogP contribution in [-0.4, -0.2) is 40.0 Å². The van der Waals surface area contributed by atoms with Gasteiger partial charge in [0, 0.05) is 25.0 Å². The molecule has 0 spiro atoms. The van der Waals surface area contributed by atoms with Crippen LogP contribution >= 0.6 is 0 Å².